The second kappa shape index (κ2) is 5.23. The van der Waals surface area contributed by atoms with Gasteiger partial charge in [-0.15, -0.1) is 0 Å². The molecule has 0 heterocycles. The Morgan fingerprint density at radius 2 is 2.00 bits per heavy atom. The molecule has 1 aliphatic rings. The van der Waals surface area contributed by atoms with Gasteiger partial charge in [0.1, 0.15) is 0 Å². The Bertz CT molecular complexity index is 134. The topological polar surface area (TPSA) is 26.3 Å². The van der Waals surface area contributed by atoms with Gasteiger partial charge in [0.05, 0.1) is 6.10 Å². The van der Waals surface area contributed by atoms with Crippen LogP contribution in [0.15, 0.2) is 0 Å². The van der Waals surface area contributed by atoms with Crippen LogP contribution in [0.4, 0.5) is 0 Å². The molecule has 1 aliphatic carbocycles. The van der Waals surface area contributed by atoms with Crippen molar-refractivity contribution in [2.45, 2.75) is 38.2 Å². The summed E-state index contributed by atoms with van der Waals surface area (Å²) < 4.78 is 16.4. The van der Waals surface area contributed by atoms with Crippen molar-refractivity contribution < 1.29 is 9.09 Å². The Kier molecular flexibility index (Phi) is 4.58. The molecule has 0 aromatic heterocycles. The van der Waals surface area contributed by atoms with Crippen LogP contribution in [0, 0.1) is 0 Å². The Labute approximate surface area is 72.7 Å². The van der Waals surface area contributed by atoms with Crippen molar-refractivity contribution in [3.8, 4) is 0 Å². The van der Waals surface area contributed by atoms with Gasteiger partial charge < -0.3 is 4.52 Å². The summed E-state index contributed by atoms with van der Waals surface area (Å²) in [6.07, 6.45) is 8.16. The van der Waals surface area contributed by atoms with Crippen LogP contribution in [-0.2, 0) is 9.09 Å². The zero-order chi connectivity index (χ0) is 8.10. The molecule has 1 saturated carbocycles. The zero-order valence-electron chi connectivity index (χ0n) is 6.84. The molecule has 1 unspecified atom stereocenters. The summed E-state index contributed by atoms with van der Waals surface area (Å²) in [5.74, 6) is 0. The van der Waals surface area contributed by atoms with Gasteiger partial charge >= 0.3 is 0 Å². The minimum atomic E-state index is -1.76. The second-order valence-corrected chi connectivity index (χ2v) is 6.20. The fourth-order valence-electron chi connectivity index (χ4n) is 1.37. The lowest BCUT2D eigenvalue weighted by atomic mass is 9.98. The average molecular weight is 194 g/mol. The number of hydrogen-bond acceptors (Lipinski definition) is 3. The smallest absolute Gasteiger partial charge is 0.246 e. The Morgan fingerprint density at radius 3 is 2.55 bits per heavy atom. The summed E-state index contributed by atoms with van der Waals surface area (Å²) in [7, 11) is -1.76. The SMILES string of the molecule is CS[PH](=O)OC1CCCCC1. The first kappa shape index (κ1) is 9.63. The maximum Gasteiger partial charge on any atom is 0.246 e. The van der Waals surface area contributed by atoms with E-state index in [0.717, 1.165) is 12.8 Å². The van der Waals surface area contributed by atoms with Gasteiger partial charge in [-0.3, -0.25) is 4.57 Å². The molecule has 1 rings (SSSR count). The summed E-state index contributed by atoms with van der Waals surface area (Å²) >= 11 is 1.34. The van der Waals surface area contributed by atoms with Gasteiger partial charge in [-0.05, 0) is 19.1 Å². The van der Waals surface area contributed by atoms with Crippen molar-refractivity contribution in [3.05, 3.63) is 0 Å². The molecule has 0 saturated heterocycles. The first-order valence-electron chi connectivity index (χ1n) is 4.07. The molecule has 11 heavy (non-hydrogen) atoms. The van der Waals surface area contributed by atoms with Crippen LogP contribution in [0.5, 0.6) is 0 Å². The van der Waals surface area contributed by atoms with Crippen LogP contribution < -0.4 is 0 Å². The third-order valence-corrected chi connectivity index (χ3v) is 4.13. The molecule has 66 valence electrons. The normalized spacial score (nSPS) is 23.4. The van der Waals surface area contributed by atoms with Crippen LogP contribution in [0.25, 0.3) is 0 Å². The molecule has 1 fully saturated rings. The number of rotatable bonds is 3. The molecule has 1 atom stereocenters. The molecule has 0 bridgehead atoms. The van der Waals surface area contributed by atoms with Crippen LogP contribution >= 0.6 is 18.6 Å². The highest BCUT2D eigenvalue weighted by Crippen LogP contribution is 2.40. The van der Waals surface area contributed by atoms with Crippen molar-refractivity contribution in [2.75, 3.05) is 6.26 Å². The van der Waals surface area contributed by atoms with Crippen molar-refractivity contribution in [1.29, 1.82) is 0 Å². The van der Waals surface area contributed by atoms with E-state index in [1.165, 1.54) is 30.6 Å². The van der Waals surface area contributed by atoms with E-state index in [2.05, 4.69) is 0 Å². The van der Waals surface area contributed by atoms with Gasteiger partial charge in [-0.25, -0.2) is 0 Å². The largest absolute Gasteiger partial charge is 0.320 e. The first-order chi connectivity index (χ1) is 5.33. The highest BCUT2D eigenvalue weighted by molar-refractivity contribution is 8.49. The molecule has 4 heteroatoms. The maximum absolute atomic E-state index is 11.0. The van der Waals surface area contributed by atoms with Crippen molar-refractivity contribution in [1.82, 2.24) is 0 Å². The predicted octanol–water partition coefficient (Wildman–Crippen LogP) is 3.09. The maximum atomic E-state index is 11.0. The minimum Gasteiger partial charge on any atom is -0.320 e. The summed E-state index contributed by atoms with van der Waals surface area (Å²) in [6, 6.07) is 0. The van der Waals surface area contributed by atoms with Crippen LogP contribution in [-0.4, -0.2) is 12.4 Å². The van der Waals surface area contributed by atoms with E-state index in [-0.39, 0.29) is 0 Å². The summed E-state index contributed by atoms with van der Waals surface area (Å²) in [6.45, 7) is 0. The van der Waals surface area contributed by atoms with E-state index in [0.29, 0.717) is 6.10 Å². The van der Waals surface area contributed by atoms with E-state index < -0.39 is 7.23 Å². The summed E-state index contributed by atoms with van der Waals surface area (Å²) in [5.41, 5.74) is 0. The molecular weight excluding hydrogens is 179 g/mol. The Balaban J connectivity index is 2.19. The molecule has 0 aromatic carbocycles. The van der Waals surface area contributed by atoms with Crippen molar-refractivity contribution in [3.63, 3.8) is 0 Å². The molecule has 2 nitrogen and oxygen atoms in total. The zero-order valence-corrected chi connectivity index (χ0v) is 8.65. The first-order valence-corrected chi connectivity index (χ1v) is 7.34. The molecule has 0 aliphatic heterocycles. The van der Waals surface area contributed by atoms with E-state index in [1.54, 1.807) is 0 Å². The number of hydrogen-bond donors (Lipinski definition) is 0. The van der Waals surface area contributed by atoms with E-state index in [4.69, 9.17) is 4.52 Å². The van der Waals surface area contributed by atoms with Gasteiger partial charge in [0.2, 0.25) is 7.23 Å². The van der Waals surface area contributed by atoms with E-state index in [9.17, 15) is 4.57 Å². The van der Waals surface area contributed by atoms with Gasteiger partial charge in [0, 0.05) is 0 Å². The van der Waals surface area contributed by atoms with Gasteiger partial charge in [0.15, 0.2) is 0 Å². The molecule has 0 aromatic rings. The lowest BCUT2D eigenvalue weighted by Crippen LogP contribution is -2.12. The molecule has 0 radical (unpaired) electrons. The summed E-state index contributed by atoms with van der Waals surface area (Å²) in [5, 5.41) is 0. The standard InChI is InChI=1S/C7H15O2PS/c1-11-10(8)9-7-5-3-2-4-6-7/h7,10H,2-6H2,1H3. The predicted molar refractivity (Wildman–Crippen MR) is 50.5 cm³/mol. The minimum absolute atomic E-state index is 0.294. The fourth-order valence-corrected chi connectivity index (χ4v) is 2.67. The average Bonchev–Trinajstić information content (AvgIpc) is 2.06. The Hall–Kier alpha value is 0.540. The lowest BCUT2D eigenvalue weighted by molar-refractivity contribution is 0.170. The van der Waals surface area contributed by atoms with Crippen LogP contribution in [0.2, 0.25) is 0 Å². The van der Waals surface area contributed by atoms with Crippen molar-refractivity contribution in [2.24, 2.45) is 0 Å². The van der Waals surface area contributed by atoms with Crippen LogP contribution in [0.1, 0.15) is 32.1 Å². The molecule has 0 amide bonds. The Morgan fingerprint density at radius 1 is 1.36 bits per heavy atom. The molecular formula is C7H15O2PS. The lowest BCUT2D eigenvalue weighted by Gasteiger charge is -2.20. The fraction of sp³-hybridized carbons (Fsp3) is 1.00. The third-order valence-electron chi connectivity index (χ3n) is 1.98. The summed E-state index contributed by atoms with van der Waals surface area (Å²) in [4.78, 5) is 0. The van der Waals surface area contributed by atoms with Gasteiger partial charge in [-0.1, -0.05) is 30.6 Å². The van der Waals surface area contributed by atoms with Crippen molar-refractivity contribution >= 4 is 18.6 Å². The molecule has 0 spiro atoms. The molecule has 0 N–H and O–H groups in total. The van der Waals surface area contributed by atoms with Gasteiger partial charge in [-0.2, -0.15) is 0 Å². The second-order valence-electron chi connectivity index (χ2n) is 2.83. The van der Waals surface area contributed by atoms with E-state index >= 15 is 0 Å². The highest BCUT2D eigenvalue weighted by atomic mass is 32.7. The van der Waals surface area contributed by atoms with E-state index in [1.807, 2.05) is 6.26 Å². The quantitative estimate of drug-likeness (QED) is 0.646. The van der Waals surface area contributed by atoms with Gasteiger partial charge in [0.25, 0.3) is 0 Å². The third kappa shape index (κ3) is 3.64. The highest BCUT2D eigenvalue weighted by Gasteiger charge is 2.15. The monoisotopic (exact) mass is 194 g/mol. The van der Waals surface area contributed by atoms with Crippen LogP contribution in [0.3, 0.4) is 0 Å².